The molecule has 8 heteroatoms. The minimum absolute atomic E-state index is 0.0843. The van der Waals surface area contributed by atoms with Crippen molar-refractivity contribution >= 4 is 22.6 Å². The van der Waals surface area contributed by atoms with Gasteiger partial charge in [0.2, 0.25) is 0 Å². The monoisotopic (exact) mass is 320 g/mol. The molecule has 122 valence electrons. The molecule has 1 aromatic heterocycles. The summed E-state index contributed by atoms with van der Waals surface area (Å²) in [6.07, 6.45) is -0.431. The average Bonchev–Trinajstić information content (AvgIpc) is 2.49. The van der Waals surface area contributed by atoms with Crippen molar-refractivity contribution in [3.05, 3.63) is 50.8 Å². The number of rotatable bonds is 6. The van der Waals surface area contributed by atoms with Crippen LogP contribution in [0, 0.1) is 10.1 Å². The fraction of sp³-hybridized carbons (Fsp3) is 0.333. The lowest BCUT2D eigenvalue weighted by Gasteiger charge is -2.14. The molecule has 2 rings (SSSR count). The van der Waals surface area contributed by atoms with E-state index >= 15 is 0 Å². The highest BCUT2D eigenvalue weighted by molar-refractivity contribution is 5.83. The number of nitro benzene ring substituents is 1. The van der Waals surface area contributed by atoms with Crippen molar-refractivity contribution in [2.45, 2.75) is 19.6 Å². The van der Waals surface area contributed by atoms with Gasteiger partial charge in [-0.05, 0) is 19.1 Å². The van der Waals surface area contributed by atoms with E-state index in [2.05, 4.69) is 0 Å². The summed E-state index contributed by atoms with van der Waals surface area (Å²) < 4.78 is 11.2. The number of pyridine rings is 1. The highest BCUT2D eigenvalue weighted by Gasteiger charge is 2.14. The number of methoxy groups -OCH3 is 1. The number of non-ortho nitro benzene ring substituents is 1. The highest BCUT2D eigenvalue weighted by Crippen LogP contribution is 2.19. The lowest BCUT2D eigenvalue weighted by Crippen LogP contribution is -2.28. The Balaban J connectivity index is 2.32. The van der Waals surface area contributed by atoms with Gasteiger partial charge in [0.15, 0.2) is 0 Å². The molecule has 1 atom stereocenters. The first-order valence-corrected chi connectivity index (χ1v) is 6.89. The fourth-order valence-corrected chi connectivity index (χ4v) is 2.23. The second-order valence-electron chi connectivity index (χ2n) is 5.01. The molecule has 0 radical (unpaired) electrons. The van der Waals surface area contributed by atoms with E-state index in [1.807, 2.05) is 0 Å². The van der Waals surface area contributed by atoms with E-state index in [4.69, 9.17) is 9.47 Å². The van der Waals surface area contributed by atoms with Gasteiger partial charge in [0.1, 0.15) is 12.6 Å². The summed E-state index contributed by atoms with van der Waals surface area (Å²) in [6, 6.07) is 6.83. The molecular weight excluding hydrogens is 304 g/mol. The molecule has 0 saturated heterocycles. The maximum Gasteiger partial charge on any atom is 0.326 e. The van der Waals surface area contributed by atoms with Crippen LogP contribution in [-0.2, 0) is 20.8 Å². The third-order valence-corrected chi connectivity index (χ3v) is 3.21. The molecule has 0 N–H and O–H groups in total. The third kappa shape index (κ3) is 3.92. The van der Waals surface area contributed by atoms with Crippen LogP contribution < -0.4 is 5.56 Å². The molecule has 0 saturated carbocycles. The summed E-state index contributed by atoms with van der Waals surface area (Å²) in [4.78, 5) is 34.2. The van der Waals surface area contributed by atoms with Gasteiger partial charge in [0.05, 0.1) is 17.0 Å². The Kier molecular flexibility index (Phi) is 5.07. The Morgan fingerprint density at radius 2 is 2.09 bits per heavy atom. The zero-order valence-electron chi connectivity index (χ0n) is 12.7. The number of ether oxygens (including phenoxy) is 2. The van der Waals surface area contributed by atoms with Crippen LogP contribution in [0.2, 0.25) is 0 Å². The van der Waals surface area contributed by atoms with E-state index in [9.17, 15) is 19.7 Å². The number of hydrogen-bond donors (Lipinski definition) is 0. The van der Waals surface area contributed by atoms with Crippen LogP contribution in [0.5, 0.6) is 0 Å². The van der Waals surface area contributed by atoms with E-state index in [0.717, 1.165) is 0 Å². The van der Waals surface area contributed by atoms with Crippen LogP contribution in [0.25, 0.3) is 10.9 Å². The smallest absolute Gasteiger partial charge is 0.326 e. The van der Waals surface area contributed by atoms with Gasteiger partial charge in [-0.2, -0.15) is 0 Å². The first kappa shape index (κ1) is 16.6. The van der Waals surface area contributed by atoms with Crippen LogP contribution in [0.3, 0.4) is 0 Å². The number of nitrogens with zero attached hydrogens (tertiary/aromatic N) is 2. The largest absolute Gasteiger partial charge is 0.459 e. The van der Waals surface area contributed by atoms with Crippen LogP contribution in [0.1, 0.15) is 6.92 Å². The molecule has 0 spiro atoms. The molecule has 2 aromatic rings. The normalized spacial score (nSPS) is 12.1. The van der Waals surface area contributed by atoms with Crippen molar-refractivity contribution in [1.29, 1.82) is 0 Å². The number of hydrogen-bond acceptors (Lipinski definition) is 6. The number of carbonyl (C=O) groups is 1. The van der Waals surface area contributed by atoms with Crippen molar-refractivity contribution in [3.8, 4) is 0 Å². The van der Waals surface area contributed by atoms with Gasteiger partial charge in [-0.3, -0.25) is 24.3 Å². The summed E-state index contributed by atoms with van der Waals surface area (Å²) >= 11 is 0. The molecule has 1 aromatic carbocycles. The Morgan fingerprint density at radius 1 is 1.35 bits per heavy atom. The van der Waals surface area contributed by atoms with Crippen LogP contribution >= 0.6 is 0 Å². The van der Waals surface area contributed by atoms with E-state index in [1.165, 1.54) is 42.0 Å². The van der Waals surface area contributed by atoms with Gasteiger partial charge in [0.25, 0.3) is 11.2 Å². The zero-order chi connectivity index (χ0) is 17.0. The lowest BCUT2D eigenvalue weighted by atomic mass is 10.2. The summed E-state index contributed by atoms with van der Waals surface area (Å²) in [5.74, 6) is -0.581. The van der Waals surface area contributed by atoms with Crippen molar-refractivity contribution in [2.75, 3.05) is 13.7 Å². The quantitative estimate of drug-likeness (QED) is 0.454. The number of fused-ring (bicyclic) bond motifs is 1. The fourth-order valence-electron chi connectivity index (χ4n) is 2.23. The predicted octanol–water partition coefficient (Wildman–Crippen LogP) is 1.49. The Labute approximate surface area is 131 Å². The molecule has 0 amide bonds. The molecule has 23 heavy (non-hydrogen) atoms. The highest BCUT2D eigenvalue weighted by atomic mass is 16.6. The van der Waals surface area contributed by atoms with E-state index in [1.54, 1.807) is 6.92 Å². The van der Waals surface area contributed by atoms with Crippen LogP contribution in [0.4, 0.5) is 5.69 Å². The number of benzene rings is 1. The molecule has 1 unspecified atom stereocenters. The van der Waals surface area contributed by atoms with E-state index in [0.29, 0.717) is 10.9 Å². The standard InChI is InChI=1S/C15H16N2O6/c1-10(9-22-2)23-15(19)8-16-13-5-4-12(17(20)21)7-11(13)3-6-14(16)18/h3-7,10H,8-9H2,1-2H3. The number of carbonyl (C=O) groups excluding carboxylic acids is 1. The Hall–Kier alpha value is -2.74. The Morgan fingerprint density at radius 3 is 2.74 bits per heavy atom. The first-order valence-electron chi connectivity index (χ1n) is 6.89. The van der Waals surface area contributed by atoms with E-state index in [-0.39, 0.29) is 24.4 Å². The maximum atomic E-state index is 12.0. The zero-order valence-corrected chi connectivity index (χ0v) is 12.7. The lowest BCUT2D eigenvalue weighted by molar-refractivity contribution is -0.384. The van der Waals surface area contributed by atoms with Crippen molar-refractivity contribution in [2.24, 2.45) is 0 Å². The molecule has 8 nitrogen and oxygen atoms in total. The number of esters is 1. The van der Waals surface area contributed by atoms with Crippen molar-refractivity contribution in [3.63, 3.8) is 0 Å². The van der Waals surface area contributed by atoms with Gasteiger partial charge in [-0.15, -0.1) is 0 Å². The van der Waals surface area contributed by atoms with Gasteiger partial charge < -0.3 is 9.47 Å². The van der Waals surface area contributed by atoms with Gasteiger partial charge in [0, 0.05) is 30.7 Å². The number of nitro groups is 1. The number of aromatic nitrogens is 1. The Bertz CT molecular complexity index is 798. The summed E-state index contributed by atoms with van der Waals surface area (Å²) in [6.45, 7) is 1.65. The second-order valence-corrected chi connectivity index (χ2v) is 5.01. The van der Waals surface area contributed by atoms with Gasteiger partial charge >= 0.3 is 5.97 Å². The summed E-state index contributed by atoms with van der Waals surface area (Å²) in [7, 11) is 1.49. The van der Waals surface area contributed by atoms with Crippen LogP contribution in [0.15, 0.2) is 35.1 Å². The van der Waals surface area contributed by atoms with Gasteiger partial charge in [-0.25, -0.2) is 0 Å². The average molecular weight is 320 g/mol. The molecule has 0 aliphatic rings. The SMILES string of the molecule is COCC(C)OC(=O)Cn1c(=O)ccc2cc([N+](=O)[O-])ccc21. The second kappa shape index (κ2) is 7.01. The van der Waals surface area contributed by atoms with Crippen LogP contribution in [-0.4, -0.2) is 35.3 Å². The molecule has 0 aliphatic carbocycles. The summed E-state index contributed by atoms with van der Waals surface area (Å²) in [5.41, 5.74) is -0.0406. The molecule has 0 aliphatic heterocycles. The molecule has 0 bridgehead atoms. The minimum atomic E-state index is -0.581. The topological polar surface area (TPSA) is 101 Å². The molecule has 1 heterocycles. The minimum Gasteiger partial charge on any atom is -0.459 e. The first-order chi connectivity index (χ1) is 10.9. The van der Waals surface area contributed by atoms with Gasteiger partial charge in [-0.1, -0.05) is 0 Å². The van der Waals surface area contributed by atoms with Crippen molar-refractivity contribution < 1.29 is 19.2 Å². The van der Waals surface area contributed by atoms with Crippen molar-refractivity contribution in [1.82, 2.24) is 4.57 Å². The third-order valence-electron chi connectivity index (χ3n) is 3.21. The predicted molar refractivity (Wildman–Crippen MR) is 82.3 cm³/mol. The summed E-state index contributed by atoms with van der Waals surface area (Å²) in [5, 5.41) is 11.3. The molecule has 0 fully saturated rings. The maximum absolute atomic E-state index is 12.0. The van der Waals surface area contributed by atoms with E-state index < -0.39 is 17.0 Å². The molecular formula is C15H16N2O6.